The van der Waals surface area contributed by atoms with E-state index in [4.69, 9.17) is 4.74 Å². The number of unbranched alkanes of at least 4 members (excludes halogenated alkanes) is 2. The number of aliphatic carboxylic acids is 1. The number of para-hydroxylation sites is 1. The Morgan fingerprint density at radius 3 is 2.19 bits per heavy atom. The Balaban J connectivity index is 1.68. The van der Waals surface area contributed by atoms with Gasteiger partial charge in [-0.25, -0.2) is 13.2 Å². The molecule has 1 aliphatic heterocycles. The number of carboxylic acid groups (broad SMARTS) is 1. The van der Waals surface area contributed by atoms with Crippen LogP contribution in [0.4, 0.5) is 11.4 Å². The minimum absolute atomic E-state index is 0.0231. The van der Waals surface area contributed by atoms with Crippen molar-refractivity contribution in [1.82, 2.24) is 5.32 Å². The SMILES string of the molecule is CCCCC1(CCCC)CN(c2ccccc2)c2cc(Br)c(OCC(=O)N[C@@H](C(=O)O)c3ccccc3)cc2S(=O)(=O)C1. The third-order valence-electron chi connectivity index (χ3n) is 7.86. The number of hydrogen-bond donors (Lipinski definition) is 2. The lowest BCUT2D eigenvalue weighted by Crippen LogP contribution is -2.38. The summed E-state index contributed by atoms with van der Waals surface area (Å²) in [6.45, 7) is 4.32. The van der Waals surface area contributed by atoms with Crippen LogP contribution in [0.25, 0.3) is 0 Å². The Labute approximate surface area is 262 Å². The van der Waals surface area contributed by atoms with Crippen LogP contribution in [0.3, 0.4) is 0 Å². The number of ether oxygens (including phenoxy) is 1. The number of halogens is 1. The molecule has 1 aliphatic rings. The lowest BCUT2D eigenvalue weighted by molar-refractivity contribution is -0.142. The number of sulfone groups is 1. The standard InChI is InChI=1S/C33H39BrN2O6S/c1-3-5-17-33(18-6-4-2)22-36(25-15-11-8-12-16-25)27-19-26(34)28(20-29(27)43(40,41)23-33)42-21-30(37)35-31(32(38)39)24-13-9-7-10-14-24/h7-16,19-20,31H,3-6,17-18,21-23H2,1-2H3,(H,35,37)(H,38,39)/t31-/m1/s1. The number of benzene rings is 3. The van der Waals surface area contributed by atoms with E-state index in [2.05, 4.69) is 40.0 Å². The predicted molar refractivity (Wildman–Crippen MR) is 172 cm³/mol. The van der Waals surface area contributed by atoms with E-state index < -0.39 is 39.8 Å². The highest BCUT2D eigenvalue weighted by Crippen LogP contribution is 2.47. The molecule has 0 aliphatic carbocycles. The molecule has 0 bridgehead atoms. The number of carbonyl (C=O) groups excluding carboxylic acids is 1. The molecular weight excluding hydrogens is 632 g/mol. The summed E-state index contributed by atoms with van der Waals surface area (Å²) in [4.78, 5) is 26.8. The average molecular weight is 672 g/mol. The molecule has 230 valence electrons. The lowest BCUT2D eigenvalue weighted by Gasteiger charge is -2.37. The zero-order valence-electron chi connectivity index (χ0n) is 24.6. The second-order valence-electron chi connectivity index (χ2n) is 11.2. The smallest absolute Gasteiger partial charge is 0.330 e. The molecule has 0 saturated carbocycles. The molecule has 43 heavy (non-hydrogen) atoms. The van der Waals surface area contributed by atoms with Gasteiger partial charge in [0.25, 0.3) is 5.91 Å². The van der Waals surface area contributed by atoms with E-state index in [1.807, 2.05) is 30.3 Å². The zero-order valence-corrected chi connectivity index (χ0v) is 27.0. The van der Waals surface area contributed by atoms with Gasteiger partial charge in [-0.1, -0.05) is 88.1 Å². The Kier molecular flexibility index (Phi) is 10.9. The Morgan fingerprint density at radius 1 is 1.00 bits per heavy atom. The van der Waals surface area contributed by atoms with E-state index in [9.17, 15) is 23.1 Å². The molecule has 4 rings (SSSR count). The van der Waals surface area contributed by atoms with E-state index in [0.29, 0.717) is 22.3 Å². The molecule has 0 radical (unpaired) electrons. The van der Waals surface area contributed by atoms with Crippen molar-refractivity contribution >= 4 is 49.0 Å². The van der Waals surface area contributed by atoms with Crippen LogP contribution in [0.2, 0.25) is 0 Å². The molecule has 0 saturated heterocycles. The fourth-order valence-electron chi connectivity index (χ4n) is 5.69. The zero-order chi connectivity index (χ0) is 31.0. The van der Waals surface area contributed by atoms with Gasteiger partial charge in [-0.15, -0.1) is 0 Å². The number of carboxylic acids is 1. The number of rotatable bonds is 13. The molecule has 0 spiro atoms. The van der Waals surface area contributed by atoms with Gasteiger partial charge in [-0.05, 0) is 52.5 Å². The Hall–Kier alpha value is -3.37. The van der Waals surface area contributed by atoms with E-state index in [-0.39, 0.29) is 16.4 Å². The third kappa shape index (κ3) is 7.97. The summed E-state index contributed by atoms with van der Waals surface area (Å²) >= 11 is 3.54. The van der Waals surface area contributed by atoms with E-state index in [1.54, 1.807) is 36.4 Å². The Bertz CT molecular complexity index is 1510. The van der Waals surface area contributed by atoms with Crippen LogP contribution in [0, 0.1) is 5.41 Å². The summed E-state index contributed by atoms with van der Waals surface area (Å²) < 4.78 is 34.6. The molecule has 10 heteroatoms. The Morgan fingerprint density at radius 2 is 1.60 bits per heavy atom. The first-order valence-corrected chi connectivity index (χ1v) is 17.1. The molecule has 1 heterocycles. The molecule has 3 aromatic rings. The van der Waals surface area contributed by atoms with Crippen LogP contribution in [0.5, 0.6) is 5.75 Å². The minimum atomic E-state index is -3.75. The normalized spacial score (nSPS) is 16.0. The van der Waals surface area contributed by atoms with Gasteiger partial charge in [0.1, 0.15) is 5.75 Å². The molecule has 3 aromatic carbocycles. The fourth-order valence-corrected chi connectivity index (χ4v) is 8.25. The van der Waals surface area contributed by atoms with Gasteiger partial charge < -0.3 is 20.1 Å². The van der Waals surface area contributed by atoms with Crippen molar-refractivity contribution < 1.29 is 27.9 Å². The van der Waals surface area contributed by atoms with Crippen LogP contribution in [-0.4, -0.2) is 44.3 Å². The number of carbonyl (C=O) groups is 2. The minimum Gasteiger partial charge on any atom is -0.483 e. The predicted octanol–water partition coefficient (Wildman–Crippen LogP) is 7.06. The van der Waals surface area contributed by atoms with Crippen LogP contribution >= 0.6 is 15.9 Å². The summed E-state index contributed by atoms with van der Waals surface area (Å²) in [6.07, 6.45) is 5.43. The van der Waals surface area contributed by atoms with Crippen LogP contribution in [-0.2, 0) is 19.4 Å². The van der Waals surface area contributed by atoms with Crippen LogP contribution in [0.15, 0.2) is 82.2 Å². The van der Waals surface area contributed by atoms with Gasteiger partial charge >= 0.3 is 5.97 Å². The molecule has 0 aromatic heterocycles. The molecule has 2 N–H and O–H groups in total. The van der Waals surface area contributed by atoms with Gasteiger partial charge in [0.05, 0.1) is 20.8 Å². The number of nitrogens with zero attached hydrogens (tertiary/aromatic N) is 1. The summed E-state index contributed by atoms with van der Waals surface area (Å²) in [5.41, 5.74) is 1.45. The van der Waals surface area contributed by atoms with E-state index in [0.717, 1.165) is 44.2 Å². The van der Waals surface area contributed by atoms with Gasteiger partial charge in [-0.2, -0.15) is 0 Å². The first-order valence-electron chi connectivity index (χ1n) is 14.7. The maximum absolute atomic E-state index is 14.1. The number of hydrogen-bond acceptors (Lipinski definition) is 6. The van der Waals surface area contributed by atoms with Gasteiger partial charge in [0, 0.05) is 23.7 Å². The second kappa shape index (κ2) is 14.4. The highest BCUT2D eigenvalue weighted by Gasteiger charge is 2.42. The first-order chi connectivity index (χ1) is 20.6. The quantitative estimate of drug-likeness (QED) is 0.200. The number of fused-ring (bicyclic) bond motifs is 1. The lowest BCUT2D eigenvalue weighted by atomic mass is 9.79. The topological polar surface area (TPSA) is 113 Å². The van der Waals surface area contributed by atoms with Crippen LogP contribution in [0.1, 0.15) is 64.0 Å². The summed E-state index contributed by atoms with van der Waals surface area (Å²) in [7, 11) is -3.75. The summed E-state index contributed by atoms with van der Waals surface area (Å²) in [5, 5.41) is 12.1. The first kappa shape index (κ1) is 32.5. The van der Waals surface area contributed by atoms with Crippen molar-refractivity contribution in [2.24, 2.45) is 5.41 Å². The number of nitrogens with one attached hydrogen (secondary N) is 1. The van der Waals surface area contributed by atoms with Crippen molar-refractivity contribution in [2.75, 3.05) is 23.8 Å². The molecule has 0 fully saturated rings. The van der Waals surface area contributed by atoms with Gasteiger partial charge in [-0.3, -0.25) is 4.79 Å². The molecular formula is C33H39BrN2O6S. The highest BCUT2D eigenvalue weighted by molar-refractivity contribution is 9.10. The highest BCUT2D eigenvalue weighted by atomic mass is 79.9. The maximum atomic E-state index is 14.1. The van der Waals surface area contributed by atoms with Gasteiger partial charge in [0.2, 0.25) is 0 Å². The average Bonchev–Trinajstić information content (AvgIpc) is 3.09. The van der Waals surface area contributed by atoms with Crippen molar-refractivity contribution in [3.63, 3.8) is 0 Å². The number of amides is 1. The largest absolute Gasteiger partial charge is 0.483 e. The second-order valence-corrected chi connectivity index (χ2v) is 14.0. The van der Waals surface area contributed by atoms with Crippen molar-refractivity contribution in [3.05, 3.63) is 82.8 Å². The monoisotopic (exact) mass is 670 g/mol. The molecule has 8 nitrogen and oxygen atoms in total. The third-order valence-corrected chi connectivity index (χ3v) is 10.5. The van der Waals surface area contributed by atoms with Gasteiger partial charge in [0.15, 0.2) is 22.5 Å². The van der Waals surface area contributed by atoms with E-state index >= 15 is 0 Å². The molecule has 1 atom stereocenters. The van der Waals surface area contributed by atoms with Crippen LogP contribution < -0.4 is 15.0 Å². The molecule has 0 unspecified atom stereocenters. The van der Waals surface area contributed by atoms with Crippen molar-refractivity contribution in [2.45, 2.75) is 63.3 Å². The van der Waals surface area contributed by atoms with E-state index in [1.165, 1.54) is 6.07 Å². The fraction of sp³-hybridized carbons (Fsp3) is 0.394. The van der Waals surface area contributed by atoms with Crippen molar-refractivity contribution in [1.29, 1.82) is 0 Å². The summed E-state index contributed by atoms with van der Waals surface area (Å²) in [6, 6.07) is 20.2. The maximum Gasteiger partial charge on any atom is 0.330 e. The summed E-state index contributed by atoms with van der Waals surface area (Å²) in [5.74, 6) is -1.64. The van der Waals surface area contributed by atoms with Crippen molar-refractivity contribution in [3.8, 4) is 5.75 Å². The number of anilines is 2. The molecule has 1 amide bonds.